The number of fused-ring (bicyclic) bond motifs is 8. The summed E-state index contributed by atoms with van der Waals surface area (Å²) in [5, 5.41) is 35.6. The summed E-state index contributed by atoms with van der Waals surface area (Å²) >= 11 is 6.68. The van der Waals surface area contributed by atoms with Crippen LogP contribution in [0.5, 0.6) is 0 Å². The van der Waals surface area contributed by atoms with E-state index >= 15 is 0 Å². The minimum atomic E-state index is -2.04. The topological polar surface area (TPSA) is 169 Å². The van der Waals surface area contributed by atoms with Crippen LogP contribution in [0, 0.1) is 69.5 Å². The Morgan fingerprint density at radius 2 is 1.48 bits per heavy atom. The Balaban J connectivity index is 1.50. The van der Waals surface area contributed by atoms with Gasteiger partial charge in [-0.3, -0.25) is 14.4 Å². The smallest absolute Gasteiger partial charge is 0.341 e. The van der Waals surface area contributed by atoms with Gasteiger partial charge in [-0.25, -0.2) is 4.79 Å². The van der Waals surface area contributed by atoms with Gasteiger partial charge >= 0.3 is 17.9 Å². The molecule has 0 bridgehead atoms. The molecule has 5 saturated carbocycles. The van der Waals surface area contributed by atoms with E-state index in [0.29, 0.717) is 0 Å². The molecular formula is C34H47ClO11. The number of carbonyl (C=O) groups excluding carboxylic acids is 4. The fourth-order valence-electron chi connectivity index (χ4n) is 13.1. The van der Waals surface area contributed by atoms with Crippen LogP contribution in [0.25, 0.3) is 0 Å². The van der Waals surface area contributed by atoms with Gasteiger partial charge in [-0.05, 0) is 49.9 Å². The molecule has 2 heterocycles. The molecule has 0 aromatic rings. The molecule has 0 unspecified atom stereocenters. The lowest BCUT2D eigenvalue weighted by Gasteiger charge is -2.67. The number of hydrogen-bond acceptors (Lipinski definition) is 11. The van der Waals surface area contributed by atoms with Crippen molar-refractivity contribution in [2.24, 2.45) is 69.5 Å². The standard InChI is InChI=1S/C34H47ClO11/c1-11-17(35)10-16-23(38)24(39)18-19(30(16,6)26(11)40)12(2)27(44-15(5)37)31(7)20-13(3)28-34(45-28)32(8,33(9,42)29(41)46-34)22(20)25(21(18)31)43-14(4)36/h11-13,16-22,24-28,39-40,42H,10H2,1-9H3/t11-,12-,13-,16+,17+,18+,19-,20-,21+,22-,24+,25+,26-,27-,28+,30-,31+,32-,33+,34-/m0/s1. The van der Waals surface area contributed by atoms with Crippen LogP contribution in [-0.4, -0.2) is 86.3 Å². The van der Waals surface area contributed by atoms with Gasteiger partial charge in [-0.2, -0.15) is 0 Å². The van der Waals surface area contributed by atoms with Crippen LogP contribution in [-0.2, 0) is 38.1 Å². The zero-order valence-corrected chi connectivity index (χ0v) is 28.6. The van der Waals surface area contributed by atoms with E-state index in [1.54, 1.807) is 6.92 Å². The average Bonchev–Trinajstić information content (AvgIpc) is 3.61. The van der Waals surface area contributed by atoms with Gasteiger partial charge in [0, 0.05) is 53.7 Å². The summed E-state index contributed by atoms with van der Waals surface area (Å²) in [6.45, 7) is 15.3. The molecule has 46 heavy (non-hydrogen) atoms. The maximum absolute atomic E-state index is 14.3. The number of aliphatic hydroxyl groups is 3. The molecule has 0 amide bonds. The molecule has 3 N–H and O–H groups in total. The summed E-state index contributed by atoms with van der Waals surface area (Å²) in [5.74, 6) is -9.15. The summed E-state index contributed by atoms with van der Waals surface area (Å²) in [6, 6.07) is 0. The summed E-state index contributed by atoms with van der Waals surface area (Å²) in [6.07, 6.45) is -4.65. The Labute approximate surface area is 274 Å². The first kappa shape index (κ1) is 32.7. The minimum Gasteiger partial charge on any atom is -0.462 e. The molecule has 1 spiro atoms. The van der Waals surface area contributed by atoms with E-state index < -0.39 is 129 Å². The Morgan fingerprint density at radius 3 is 2.07 bits per heavy atom. The predicted octanol–water partition coefficient (Wildman–Crippen LogP) is 2.23. The molecule has 7 fully saturated rings. The Hall–Kier alpha value is -1.79. The molecule has 7 rings (SSSR count). The number of aliphatic hydroxyl groups excluding tert-OH is 2. The second-order valence-corrected chi connectivity index (χ2v) is 17.1. The third-order valence-electron chi connectivity index (χ3n) is 15.0. The highest BCUT2D eigenvalue weighted by atomic mass is 35.5. The fraction of sp³-hybridized carbons (Fsp3) is 0.882. The van der Waals surface area contributed by atoms with Crippen molar-refractivity contribution in [2.75, 3.05) is 0 Å². The lowest BCUT2D eigenvalue weighted by Crippen LogP contribution is -2.72. The van der Waals surface area contributed by atoms with Gasteiger partial charge in [-0.15, -0.1) is 11.6 Å². The normalized spacial score (nSPS) is 61.2. The van der Waals surface area contributed by atoms with E-state index in [1.165, 1.54) is 20.8 Å². The summed E-state index contributed by atoms with van der Waals surface area (Å²) in [4.78, 5) is 53.6. The van der Waals surface area contributed by atoms with Gasteiger partial charge < -0.3 is 34.3 Å². The van der Waals surface area contributed by atoms with Crippen molar-refractivity contribution in [2.45, 2.75) is 116 Å². The SMILES string of the molecule is CC(=O)O[C@@H]1[C@H]2[C@H]3[C@H]([C@H](C)[C@H](OC(C)=O)[C@]2(C)[C@H]2[C@H](C)[C@H]4O[C@]45OC(=O)[C@@](C)(O)[C@]5(C)[C@H]12)[C@]1(C)[C@H](C[C@@H](Cl)[C@H](C)[C@@H]1O)C(=O)[C@@H]3O. The van der Waals surface area contributed by atoms with Crippen molar-refractivity contribution >= 4 is 35.3 Å². The number of rotatable bonds is 2. The van der Waals surface area contributed by atoms with Crippen LogP contribution in [0.1, 0.15) is 68.7 Å². The Morgan fingerprint density at radius 1 is 0.870 bits per heavy atom. The minimum absolute atomic E-state index is 0.278. The first-order valence-electron chi connectivity index (χ1n) is 16.7. The molecule has 12 heteroatoms. The molecular weight excluding hydrogens is 620 g/mol. The number of ether oxygens (including phenoxy) is 4. The molecule has 0 aromatic heterocycles. The van der Waals surface area contributed by atoms with Crippen molar-refractivity contribution in [3.05, 3.63) is 0 Å². The highest BCUT2D eigenvalue weighted by Gasteiger charge is 2.93. The lowest BCUT2D eigenvalue weighted by molar-refractivity contribution is -0.256. The molecule has 11 nitrogen and oxygen atoms in total. The molecule has 7 aliphatic rings. The molecule has 256 valence electrons. The molecule has 0 radical (unpaired) electrons. The van der Waals surface area contributed by atoms with Gasteiger partial charge in [0.1, 0.15) is 24.4 Å². The number of epoxide rings is 1. The van der Waals surface area contributed by atoms with Crippen LogP contribution in [0.3, 0.4) is 0 Å². The maximum Gasteiger partial charge on any atom is 0.341 e. The van der Waals surface area contributed by atoms with E-state index in [2.05, 4.69) is 0 Å². The van der Waals surface area contributed by atoms with Gasteiger partial charge in [0.2, 0.25) is 5.79 Å². The number of alkyl halides is 1. The largest absolute Gasteiger partial charge is 0.462 e. The first-order valence-corrected chi connectivity index (χ1v) is 17.1. The van der Waals surface area contributed by atoms with Gasteiger partial charge in [-0.1, -0.05) is 34.6 Å². The van der Waals surface area contributed by atoms with E-state index in [-0.39, 0.29) is 18.3 Å². The van der Waals surface area contributed by atoms with E-state index in [9.17, 15) is 34.5 Å². The van der Waals surface area contributed by atoms with E-state index in [1.807, 2.05) is 34.6 Å². The zero-order valence-electron chi connectivity index (χ0n) is 27.9. The average molecular weight is 667 g/mol. The number of carbonyl (C=O) groups is 4. The second-order valence-electron chi connectivity index (χ2n) is 16.6. The maximum atomic E-state index is 14.3. The Bertz CT molecular complexity index is 1420. The molecule has 0 aromatic carbocycles. The molecule has 20 atom stereocenters. The van der Waals surface area contributed by atoms with Gasteiger partial charge in [0.15, 0.2) is 11.4 Å². The van der Waals surface area contributed by atoms with Gasteiger partial charge in [0.05, 0.1) is 11.5 Å². The summed E-state index contributed by atoms with van der Waals surface area (Å²) in [5.41, 5.74) is -5.56. The molecule has 2 aliphatic heterocycles. The van der Waals surface area contributed by atoms with Crippen LogP contribution >= 0.6 is 11.6 Å². The van der Waals surface area contributed by atoms with Crippen LogP contribution in [0.4, 0.5) is 0 Å². The summed E-state index contributed by atoms with van der Waals surface area (Å²) < 4.78 is 24.7. The number of esters is 3. The highest BCUT2D eigenvalue weighted by molar-refractivity contribution is 6.21. The number of ketones is 1. The third kappa shape index (κ3) is 3.35. The Kier molecular flexibility index (Phi) is 6.73. The predicted molar refractivity (Wildman–Crippen MR) is 159 cm³/mol. The van der Waals surface area contributed by atoms with Crippen LogP contribution < -0.4 is 0 Å². The zero-order chi connectivity index (χ0) is 34.0. The van der Waals surface area contributed by atoms with Crippen molar-refractivity contribution in [3.63, 3.8) is 0 Å². The van der Waals surface area contributed by atoms with Crippen molar-refractivity contribution in [3.8, 4) is 0 Å². The van der Waals surface area contributed by atoms with Crippen molar-refractivity contribution in [1.29, 1.82) is 0 Å². The van der Waals surface area contributed by atoms with Crippen molar-refractivity contribution < 1.29 is 53.4 Å². The molecule has 5 aliphatic carbocycles. The number of halogens is 1. The lowest BCUT2D eigenvalue weighted by atomic mass is 9.39. The van der Waals surface area contributed by atoms with Gasteiger partial charge in [0.25, 0.3) is 0 Å². The first-order chi connectivity index (χ1) is 21.2. The summed E-state index contributed by atoms with van der Waals surface area (Å²) in [7, 11) is 0. The quantitative estimate of drug-likeness (QED) is 0.171. The number of Topliss-reactive ketones (excluding diaryl/α,β-unsaturated/α-hetero) is 1. The fourth-order valence-corrected chi connectivity index (χ4v) is 13.4. The van der Waals surface area contributed by atoms with Crippen LogP contribution in [0.2, 0.25) is 0 Å². The second kappa shape index (κ2) is 9.46. The third-order valence-corrected chi connectivity index (χ3v) is 15.5. The van der Waals surface area contributed by atoms with E-state index in [4.69, 9.17) is 30.5 Å². The van der Waals surface area contributed by atoms with E-state index in [0.717, 1.165) is 0 Å². The number of hydrogen-bond donors (Lipinski definition) is 3. The van der Waals surface area contributed by atoms with Crippen LogP contribution in [0.15, 0.2) is 0 Å². The molecule has 2 saturated heterocycles. The van der Waals surface area contributed by atoms with Crippen molar-refractivity contribution in [1.82, 2.24) is 0 Å². The monoisotopic (exact) mass is 666 g/mol. The highest BCUT2D eigenvalue weighted by Crippen LogP contribution is 2.81.